The van der Waals surface area contributed by atoms with Gasteiger partial charge in [-0.25, -0.2) is 0 Å². The summed E-state index contributed by atoms with van der Waals surface area (Å²) in [5, 5.41) is 11.4. The van der Waals surface area contributed by atoms with Crippen LogP contribution in [0, 0.1) is 6.92 Å². The normalized spacial score (nSPS) is 28.2. The van der Waals surface area contributed by atoms with E-state index in [0.717, 1.165) is 29.3 Å². The maximum Gasteiger partial charge on any atom is 0.272 e. The fraction of sp³-hybridized carbons (Fsp3) is 0.529. The molecular weight excluding hydrogens is 276 g/mol. The summed E-state index contributed by atoms with van der Waals surface area (Å²) in [6, 6.07) is 7.49. The number of nitrogens with one attached hydrogen (secondary N) is 2. The van der Waals surface area contributed by atoms with E-state index in [9.17, 15) is 4.79 Å². The molecule has 3 heterocycles. The summed E-state index contributed by atoms with van der Waals surface area (Å²) in [5.74, 6) is -0.0468. The summed E-state index contributed by atoms with van der Waals surface area (Å²) in [7, 11) is 2.21. The topological polar surface area (TPSA) is 61.0 Å². The number of aryl methyl sites for hydroxylation is 1. The molecule has 4 rings (SSSR count). The first kappa shape index (κ1) is 13.8. The van der Waals surface area contributed by atoms with Gasteiger partial charge in [-0.1, -0.05) is 12.1 Å². The lowest BCUT2D eigenvalue weighted by Gasteiger charge is -2.36. The molecule has 2 aliphatic heterocycles. The Morgan fingerprint density at radius 3 is 2.77 bits per heavy atom. The highest BCUT2D eigenvalue weighted by molar-refractivity contribution is 6.05. The van der Waals surface area contributed by atoms with Gasteiger partial charge in [0.25, 0.3) is 5.91 Å². The molecule has 2 N–H and O–H groups in total. The third-order valence-electron chi connectivity index (χ3n) is 5.45. The molecule has 2 saturated heterocycles. The Morgan fingerprint density at radius 2 is 2.05 bits per heavy atom. The molecular formula is C17H22N4O. The summed E-state index contributed by atoms with van der Waals surface area (Å²) >= 11 is 0. The molecule has 0 saturated carbocycles. The molecule has 2 atom stereocenters. The SMILES string of the molecule is Cc1cccc2[nH]nc(C(=O)NC3CC4CCC(C3)N4C)c12. The minimum Gasteiger partial charge on any atom is -0.348 e. The number of hydrogen-bond acceptors (Lipinski definition) is 3. The van der Waals surface area contributed by atoms with Crippen LogP contribution in [0.2, 0.25) is 0 Å². The van der Waals surface area contributed by atoms with Crippen LogP contribution in [0.4, 0.5) is 0 Å². The first-order chi connectivity index (χ1) is 10.6. The number of hydrogen-bond donors (Lipinski definition) is 2. The molecule has 0 radical (unpaired) electrons. The van der Waals surface area contributed by atoms with Crippen LogP contribution < -0.4 is 5.32 Å². The Balaban J connectivity index is 1.55. The molecule has 5 heteroatoms. The van der Waals surface area contributed by atoms with Gasteiger partial charge in [-0.3, -0.25) is 9.89 Å². The van der Waals surface area contributed by atoms with E-state index in [-0.39, 0.29) is 11.9 Å². The van der Waals surface area contributed by atoms with Crippen LogP contribution in [0.3, 0.4) is 0 Å². The molecule has 2 fully saturated rings. The summed E-state index contributed by atoms with van der Waals surface area (Å²) in [5.41, 5.74) is 2.54. The fourth-order valence-corrected chi connectivity index (χ4v) is 4.19. The van der Waals surface area contributed by atoms with Crippen molar-refractivity contribution in [2.45, 2.75) is 50.7 Å². The largest absolute Gasteiger partial charge is 0.348 e. The molecule has 116 valence electrons. The summed E-state index contributed by atoms with van der Waals surface area (Å²) in [6.07, 6.45) is 4.64. The molecule has 2 unspecified atom stereocenters. The van der Waals surface area contributed by atoms with Gasteiger partial charge in [0, 0.05) is 23.5 Å². The van der Waals surface area contributed by atoms with Crippen LogP contribution in [0.1, 0.15) is 41.7 Å². The minimum atomic E-state index is -0.0468. The summed E-state index contributed by atoms with van der Waals surface area (Å²) < 4.78 is 0. The number of aromatic nitrogens is 2. The number of piperidine rings is 1. The Kier molecular flexibility index (Phi) is 3.18. The highest BCUT2D eigenvalue weighted by atomic mass is 16.2. The Hall–Kier alpha value is -1.88. The van der Waals surface area contributed by atoms with E-state index in [1.54, 1.807) is 0 Å². The highest BCUT2D eigenvalue weighted by Gasteiger charge is 2.39. The van der Waals surface area contributed by atoms with E-state index in [1.807, 2.05) is 25.1 Å². The average Bonchev–Trinajstić information content (AvgIpc) is 2.99. The zero-order valence-electron chi connectivity index (χ0n) is 13.1. The molecule has 5 nitrogen and oxygen atoms in total. The van der Waals surface area contributed by atoms with Crippen molar-refractivity contribution in [3.05, 3.63) is 29.5 Å². The fourth-order valence-electron chi connectivity index (χ4n) is 4.19. The van der Waals surface area contributed by atoms with Crippen LogP contribution in [-0.4, -0.2) is 46.2 Å². The van der Waals surface area contributed by atoms with E-state index < -0.39 is 0 Å². The van der Waals surface area contributed by atoms with E-state index in [1.165, 1.54) is 12.8 Å². The summed E-state index contributed by atoms with van der Waals surface area (Å²) in [6.45, 7) is 2.02. The standard InChI is InChI=1S/C17H22N4O/c1-10-4-3-5-14-15(10)16(20-19-14)17(22)18-11-8-12-6-7-13(9-11)21(12)2/h3-5,11-13H,6-9H2,1-2H3,(H,18,22)(H,19,20). The number of aromatic amines is 1. The molecule has 0 aliphatic carbocycles. The predicted molar refractivity (Wildman–Crippen MR) is 85.9 cm³/mol. The minimum absolute atomic E-state index is 0.0468. The zero-order valence-corrected chi connectivity index (χ0v) is 13.1. The first-order valence-electron chi connectivity index (χ1n) is 8.10. The van der Waals surface area contributed by atoms with Gasteiger partial charge in [-0.05, 0) is 51.3 Å². The number of nitrogens with zero attached hydrogens (tertiary/aromatic N) is 2. The van der Waals surface area contributed by atoms with Crippen molar-refractivity contribution in [3.63, 3.8) is 0 Å². The molecule has 2 aliphatic rings. The molecule has 22 heavy (non-hydrogen) atoms. The first-order valence-corrected chi connectivity index (χ1v) is 8.10. The number of fused-ring (bicyclic) bond motifs is 3. The lowest BCUT2D eigenvalue weighted by Crippen LogP contribution is -2.48. The zero-order chi connectivity index (χ0) is 15.3. The van der Waals surface area contributed by atoms with Crippen molar-refractivity contribution in [2.75, 3.05) is 7.05 Å². The number of rotatable bonds is 2. The van der Waals surface area contributed by atoms with E-state index in [2.05, 4.69) is 27.5 Å². The van der Waals surface area contributed by atoms with Gasteiger partial charge in [0.15, 0.2) is 5.69 Å². The molecule has 1 aromatic carbocycles. The van der Waals surface area contributed by atoms with Crippen molar-refractivity contribution in [1.29, 1.82) is 0 Å². The van der Waals surface area contributed by atoms with Crippen molar-refractivity contribution in [3.8, 4) is 0 Å². The van der Waals surface area contributed by atoms with Crippen molar-refractivity contribution in [2.24, 2.45) is 0 Å². The molecule has 0 spiro atoms. The maximum atomic E-state index is 12.6. The molecule has 2 aromatic rings. The van der Waals surface area contributed by atoms with Gasteiger partial charge in [0.05, 0.1) is 5.52 Å². The van der Waals surface area contributed by atoms with Gasteiger partial charge in [-0.15, -0.1) is 0 Å². The molecule has 2 bridgehead atoms. The molecule has 1 aromatic heterocycles. The molecule has 1 amide bonds. The number of H-pyrrole nitrogens is 1. The average molecular weight is 298 g/mol. The second-order valence-corrected chi connectivity index (χ2v) is 6.76. The number of carbonyl (C=O) groups excluding carboxylic acids is 1. The van der Waals surface area contributed by atoms with Gasteiger partial charge in [0.1, 0.15) is 0 Å². The lowest BCUT2D eigenvalue weighted by molar-refractivity contribution is 0.0879. The van der Waals surface area contributed by atoms with E-state index >= 15 is 0 Å². The van der Waals surface area contributed by atoms with Crippen LogP contribution >= 0.6 is 0 Å². The van der Waals surface area contributed by atoms with E-state index in [4.69, 9.17) is 0 Å². The monoisotopic (exact) mass is 298 g/mol. The number of amides is 1. The lowest BCUT2D eigenvalue weighted by atomic mass is 9.97. The smallest absolute Gasteiger partial charge is 0.272 e. The summed E-state index contributed by atoms with van der Waals surface area (Å²) in [4.78, 5) is 15.1. The Morgan fingerprint density at radius 1 is 1.32 bits per heavy atom. The van der Waals surface area contributed by atoms with Crippen LogP contribution in [0.15, 0.2) is 18.2 Å². The second-order valence-electron chi connectivity index (χ2n) is 6.76. The van der Waals surface area contributed by atoms with E-state index in [0.29, 0.717) is 17.8 Å². The van der Waals surface area contributed by atoms with Crippen LogP contribution in [0.5, 0.6) is 0 Å². The third-order valence-corrected chi connectivity index (χ3v) is 5.45. The Labute approximate surface area is 130 Å². The number of carbonyl (C=O) groups is 1. The van der Waals surface area contributed by atoms with Crippen molar-refractivity contribution in [1.82, 2.24) is 20.4 Å². The van der Waals surface area contributed by atoms with Gasteiger partial charge in [0.2, 0.25) is 0 Å². The number of benzene rings is 1. The predicted octanol–water partition coefficient (Wildman–Crippen LogP) is 2.23. The highest BCUT2D eigenvalue weighted by Crippen LogP contribution is 2.34. The van der Waals surface area contributed by atoms with Crippen LogP contribution in [-0.2, 0) is 0 Å². The third kappa shape index (κ3) is 2.11. The maximum absolute atomic E-state index is 12.6. The Bertz CT molecular complexity index is 709. The van der Waals surface area contributed by atoms with Crippen molar-refractivity contribution >= 4 is 16.8 Å². The van der Waals surface area contributed by atoms with Crippen molar-refractivity contribution < 1.29 is 4.79 Å². The van der Waals surface area contributed by atoms with Gasteiger partial charge < -0.3 is 10.2 Å². The van der Waals surface area contributed by atoms with Gasteiger partial charge in [-0.2, -0.15) is 5.10 Å². The second kappa shape index (κ2) is 5.09. The van der Waals surface area contributed by atoms with Gasteiger partial charge >= 0.3 is 0 Å². The quantitative estimate of drug-likeness (QED) is 0.894. The van der Waals surface area contributed by atoms with Crippen LogP contribution in [0.25, 0.3) is 10.9 Å².